The van der Waals surface area contributed by atoms with Gasteiger partial charge >= 0.3 is 0 Å². The largest absolute Gasteiger partial charge is 0.113 e. The minimum atomic E-state index is -1.86. The van der Waals surface area contributed by atoms with Gasteiger partial charge in [0.2, 0.25) is 0 Å². The van der Waals surface area contributed by atoms with Gasteiger partial charge in [-0.15, -0.1) is 0 Å². The van der Waals surface area contributed by atoms with E-state index in [2.05, 4.69) is 105 Å². The van der Waals surface area contributed by atoms with Crippen LogP contribution in [0.25, 0.3) is 11.1 Å². The van der Waals surface area contributed by atoms with E-state index in [0.717, 1.165) is 12.8 Å². The van der Waals surface area contributed by atoms with Gasteiger partial charge < -0.3 is 0 Å². The Kier molecular flexibility index (Phi) is 5.09. The van der Waals surface area contributed by atoms with Crippen molar-refractivity contribution >= 4 is 29.6 Å². The summed E-state index contributed by atoms with van der Waals surface area (Å²) in [6.07, 6.45) is 2.24. The molecule has 0 amide bonds. The van der Waals surface area contributed by atoms with Crippen LogP contribution in [0.5, 0.6) is 0 Å². The van der Waals surface area contributed by atoms with E-state index in [4.69, 9.17) is 0 Å². The highest BCUT2D eigenvalue weighted by Gasteiger charge is 2.38. The lowest BCUT2D eigenvalue weighted by molar-refractivity contribution is 0.565. The molecule has 2 aromatic carbocycles. The first-order chi connectivity index (χ1) is 14.2. The molecule has 2 aliphatic carbocycles. The van der Waals surface area contributed by atoms with Gasteiger partial charge in [0.1, 0.15) is 8.07 Å². The van der Waals surface area contributed by atoms with Crippen LogP contribution >= 0.6 is 0 Å². The van der Waals surface area contributed by atoms with Crippen molar-refractivity contribution in [1.29, 1.82) is 0 Å². The van der Waals surface area contributed by atoms with E-state index in [1.165, 1.54) is 11.1 Å². The fourth-order valence-electron chi connectivity index (χ4n) is 6.59. The third kappa shape index (κ3) is 3.50. The number of fused-ring (bicyclic) bond motifs is 2. The second-order valence-corrected chi connectivity index (χ2v) is 16.8. The van der Waals surface area contributed by atoms with Crippen LogP contribution in [0.1, 0.15) is 77.6 Å². The molecular weight excluding hydrogens is 388 g/mol. The summed E-state index contributed by atoms with van der Waals surface area (Å²) in [5.41, 5.74) is 12.9. The summed E-state index contributed by atoms with van der Waals surface area (Å²) in [6, 6.07) is 14.3. The standard InChI is InChI=1S/C30H40Si/c1-19-17-23-21(27(19)29(3,4)5)13-11-15-25(23)31(9,10)26-16-12-14-22-24(26)18-20(2)28(22)30(6,7)8/h11-16H,17-18H2,1-10H3. The molecule has 0 saturated carbocycles. The monoisotopic (exact) mass is 428 g/mol. The lowest BCUT2D eigenvalue weighted by Gasteiger charge is -2.30. The van der Waals surface area contributed by atoms with Crippen molar-refractivity contribution in [2.75, 3.05) is 0 Å². The molecule has 0 aromatic heterocycles. The lowest BCUT2D eigenvalue weighted by atomic mass is 9.82. The van der Waals surface area contributed by atoms with E-state index in [-0.39, 0.29) is 10.8 Å². The summed E-state index contributed by atoms with van der Waals surface area (Å²) in [7, 11) is -1.86. The predicted octanol–water partition coefficient (Wildman–Crippen LogP) is 7.26. The molecule has 2 aromatic rings. The number of benzene rings is 2. The third-order valence-electron chi connectivity index (χ3n) is 7.47. The Bertz CT molecular complexity index is 1030. The van der Waals surface area contributed by atoms with Gasteiger partial charge in [-0.3, -0.25) is 0 Å². The Hall–Kier alpha value is -1.86. The summed E-state index contributed by atoms with van der Waals surface area (Å²) < 4.78 is 0. The van der Waals surface area contributed by atoms with Gasteiger partial charge in [-0.05, 0) is 70.9 Å². The maximum absolute atomic E-state index is 2.58. The predicted molar refractivity (Wildman–Crippen MR) is 141 cm³/mol. The minimum absolute atomic E-state index is 0.191. The van der Waals surface area contributed by atoms with Crippen molar-refractivity contribution in [3.05, 3.63) is 69.8 Å². The maximum Gasteiger partial charge on any atom is 0.113 e. The Morgan fingerprint density at radius 3 is 1.29 bits per heavy atom. The number of hydrogen-bond acceptors (Lipinski definition) is 0. The molecule has 0 saturated heterocycles. The number of allylic oxidation sites excluding steroid dienone is 4. The molecule has 0 spiro atoms. The van der Waals surface area contributed by atoms with Gasteiger partial charge in [0.15, 0.2) is 0 Å². The van der Waals surface area contributed by atoms with Gasteiger partial charge in [0.05, 0.1) is 0 Å². The van der Waals surface area contributed by atoms with E-state index in [1.54, 1.807) is 43.8 Å². The molecule has 0 unspecified atom stereocenters. The summed E-state index contributed by atoms with van der Waals surface area (Å²) in [5, 5.41) is 3.28. The highest BCUT2D eigenvalue weighted by molar-refractivity contribution is 7.01. The van der Waals surface area contributed by atoms with E-state index in [9.17, 15) is 0 Å². The second-order valence-electron chi connectivity index (χ2n) is 12.5. The van der Waals surface area contributed by atoms with Crippen LogP contribution in [0, 0.1) is 10.8 Å². The van der Waals surface area contributed by atoms with E-state index < -0.39 is 8.07 Å². The molecule has 0 radical (unpaired) electrons. The average Bonchev–Trinajstić information content (AvgIpc) is 3.15. The normalized spacial score (nSPS) is 16.8. The quantitative estimate of drug-likeness (QED) is 0.441. The molecule has 0 nitrogen and oxygen atoms in total. The molecule has 0 atom stereocenters. The molecule has 0 heterocycles. The van der Waals surface area contributed by atoms with Crippen molar-refractivity contribution in [3.8, 4) is 0 Å². The van der Waals surface area contributed by atoms with Gasteiger partial charge in [-0.25, -0.2) is 0 Å². The first kappa shape index (κ1) is 22.3. The molecule has 2 aliphatic rings. The Labute approximate surface area is 191 Å². The molecule has 31 heavy (non-hydrogen) atoms. The van der Waals surface area contributed by atoms with E-state index in [0.29, 0.717) is 0 Å². The highest BCUT2D eigenvalue weighted by atomic mass is 28.3. The van der Waals surface area contributed by atoms with Crippen LogP contribution in [0.3, 0.4) is 0 Å². The SMILES string of the molecule is CC1=C(C(C)(C)C)c2cccc([Si](C)(C)c3cccc4c3CC(C)=C4C(C)(C)C)c2C1. The van der Waals surface area contributed by atoms with Gasteiger partial charge in [0, 0.05) is 0 Å². The Balaban J connectivity index is 1.87. The summed E-state index contributed by atoms with van der Waals surface area (Å²) >= 11 is 0. The fourth-order valence-corrected chi connectivity index (χ4v) is 9.87. The molecule has 0 N–H and O–H groups in total. The zero-order valence-electron chi connectivity index (χ0n) is 21.4. The van der Waals surface area contributed by atoms with Crippen molar-refractivity contribution in [1.82, 2.24) is 0 Å². The topological polar surface area (TPSA) is 0 Å². The van der Waals surface area contributed by atoms with Gasteiger partial charge in [-0.2, -0.15) is 0 Å². The smallest absolute Gasteiger partial charge is 0.0646 e. The minimum Gasteiger partial charge on any atom is -0.0646 e. The van der Waals surface area contributed by atoms with Crippen LogP contribution < -0.4 is 10.4 Å². The third-order valence-corrected chi connectivity index (χ3v) is 11.1. The molecule has 1 heteroatoms. The average molecular weight is 429 g/mol. The Morgan fingerprint density at radius 2 is 0.968 bits per heavy atom. The molecular formula is C30H40Si. The number of rotatable bonds is 2. The summed E-state index contributed by atoms with van der Waals surface area (Å²) in [5.74, 6) is 0. The van der Waals surface area contributed by atoms with Crippen molar-refractivity contribution in [2.45, 2.75) is 81.3 Å². The van der Waals surface area contributed by atoms with Gasteiger partial charge in [0.25, 0.3) is 0 Å². The van der Waals surface area contributed by atoms with E-state index in [1.807, 2.05) is 0 Å². The molecule has 0 bridgehead atoms. The first-order valence-corrected chi connectivity index (χ1v) is 14.9. The van der Waals surface area contributed by atoms with Crippen molar-refractivity contribution in [2.24, 2.45) is 10.8 Å². The van der Waals surface area contributed by atoms with Crippen LogP contribution in [0.4, 0.5) is 0 Å². The zero-order valence-corrected chi connectivity index (χ0v) is 22.4. The van der Waals surface area contributed by atoms with Crippen molar-refractivity contribution < 1.29 is 0 Å². The van der Waals surface area contributed by atoms with Crippen LogP contribution in [0.2, 0.25) is 13.1 Å². The zero-order chi connectivity index (χ0) is 22.9. The molecule has 164 valence electrons. The van der Waals surface area contributed by atoms with E-state index >= 15 is 0 Å². The lowest BCUT2D eigenvalue weighted by Crippen LogP contribution is -2.55. The molecule has 0 aliphatic heterocycles. The first-order valence-electron chi connectivity index (χ1n) is 11.9. The maximum atomic E-state index is 2.58. The Morgan fingerprint density at radius 1 is 0.613 bits per heavy atom. The molecule has 4 rings (SSSR count). The summed E-state index contributed by atoms with van der Waals surface area (Å²) in [4.78, 5) is 0. The van der Waals surface area contributed by atoms with Crippen LogP contribution in [-0.2, 0) is 12.8 Å². The summed E-state index contributed by atoms with van der Waals surface area (Å²) in [6.45, 7) is 24.0. The second kappa shape index (κ2) is 7.07. The highest BCUT2D eigenvalue weighted by Crippen LogP contribution is 2.45. The fraction of sp³-hybridized carbons (Fsp3) is 0.467. The molecule has 0 fully saturated rings. The van der Waals surface area contributed by atoms with Crippen LogP contribution in [0.15, 0.2) is 47.5 Å². The van der Waals surface area contributed by atoms with Gasteiger partial charge in [-0.1, -0.05) is 113 Å². The van der Waals surface area contributed by atoms with Crippen molar-refractivity contribution in [3.63, 3.8) is 0 Å². The van der Waals surface area contributed by atoms with Crippen LogP contribution in [-0.4, -0.2) is 8.07 Å². The number of hydrogen-bond donors (Lipinski definition) is 0.